The predicted octanol–water partition coefficient (Wildman–Crippen LogP) is 4.63. The van der Waals surface area contributed by atoms with Crippen LogP contribution >= 0.6 is 15.9 Å². The number of rotatable bonds is 8. The number of benzene rings is 2. The van der Waals surface area contributed by atoms with Crippen LogP contribution in [0.2, 0.25) is 0 Å². The molecule has 28 heavy (non-hydrogen) atoms. The van der Waals surface area contributed by atoms with E-state index in [-0.39, 0.29) is 5.56 Å². The maximum Gasteiger partial charge on any atom is 0.335 e. The van der Waals surface area contributed by atoms with Crippen LogP contribution in [0, 0.1) is 0 Å². The number of hydrogen-bond donors (Lipinski definition) is 2. The lowest BCUT2D eigenvalue weighted by Crippen LogP contribution is -2.14. The number of nitrogens with one attached hydrogen (secondary N) is 1. The molecule has 7 heteroatoms. The fourth-order valence-corrected chi connectivity index (χ4v) is 2.93. The summed E-state index contributed by atoms with van der Waals surface area (Å²) in [6.07, 6.45) is 1.69. The number of ether oxygens (including phenoxy) is 2. The maximum atomic E-state index is 10.9. The minimum absolute atomic E-state index is 0.273. The van der Waals surface area contributed by atoms with Crippen molar-refractivity contribution >= 4 is 21.9 Å². The second kappa shape index (κ2) is 9.34. The van der Waals surface area contributed by atoms with Gasteiger partial charge in [-0.2, -0.15) is 0 Å². The first-order valence-corrected chi connectivity index (χ1v) is 9.34. The zero-order valence-electron chi connectivity index (χ0n) is 15.2. The molecule has 0 fully saturated rings. The highest BCUT2D eigenvalue weighted by molar-refractivity contribution is 9.10. The van der Waals surface area contributed by atoms with E-state index in [4.69, 9.17) is 14.6 Å². The lowest BCUT2D eigenvalue weighted by Gasteiger charge is -2.12. The van der Waals surface area contributed by atoms with Crippen LogP contribution in [-0.2, 0) is 13.1 Å². The van der Waals surface area contributed by atoms with Gasteiger partial charge in [-0.1, -0.05) is 12.1 Å². The van der Waals surface area contributed by atoms with Gasteiger partial charge in [-0.15, -0.1) is 0 Å². The van der Waals surface area contributed by atoms with Crippen LogP contribution in [0.25, 0.3) is 0 Å². The minimum Gasteiger partial charge on any atom is -0.497 e. The topological polar surface area (TPSA) is 80.7 Å². The van der Waals surface area contributed by atoms with Crippen molar-refractivity contribution in [2.75, 3.05) is 7.11 Å². The van der Waals surface area contributed by atoms with Gasteiger partial charge in [0.1, 0.15) is 11.5 Å². The molecule has 0 radical (unpaired) electrons. The van der Waals surface area contributed by atoms with E-state index in [2.05, 4.69) is 26.2 Å². The summed E-state index contributed by atoms with van der Waals surface area (Å²) in [5, 5.41) is 12.3. The quantitative estimate of drug-likeness (QED) is 0.529. The second-order valence-electron chi connectivity index (χ2n) is 6.00. The first-order valence-electron chi connectivity index (χ1n) is 8.54. The molecule has 0 bridgehead atoms. The fourth-order valence-electron chi connectivity index (χ4n) is 2.55. The van der Waals surface area contributed by atoms with Gasteiger partial charge < -0.3 is 19.9 Å². The van der Waals surface area contributed by atoms with Gasteiger partial charge >= 0.3 is 5.97 Å². The van der Waals surface area contributed by atoms with E-state index in [1.165, 1.54) is 0 Å². The predicted molar refractivity (Wildman–Crippen MR) is 109 cm³/mol. The van der Waals surface area contributed by atoms with Crippen LogP contribution in [0.1, 0.15) is 21.5 Å². The Hall–Kier alpha value is -2.90. The zero-order chi connectivity index (χ0) is 19.9. The average Bonchev–Trinajstić information content (AvgIpc) is 2.71. The molecular weight excluding hydrogens is 424 g/mol. The van der Waals surface area contributed by atoms with Crippen molar-refractivity contribution < 1.29 is 19.4 Å². The van der Waals surface area contributed by atoms with Gasteiger partial charge in [0.05, 0.1) is 12.7 Å². The lowest BCUT2D eigenvalue weighted by atomic mass is 10.1. The first kappa shape index (κ1) is 19.9. The molecule has 2 N–H and O–H groups in total. The number of pyridine rings is 1. The molecule has 1 heterocycles. The van der Waals surface area contributed by atoms with Crippen LogP contribution in [0.4, 0.5) is 0 Å². The summed E-state index contributed by atoms with van der Waals surface area (Å²) in [5.41, 5.74) is 2.16. The molecule has 3 rings (SSSR count). The van der Waals surface area contributed by atoms with E-state index in [9.17, 15) is 4.79 Å². The normalized spacial score (nSPS) is 10.5. The molecule has 0 spiro atoms. The number of carboxylic acid groups (broad SMARTS) is 1. The maximum absolute atomic E-state index is 10.9. The summed E-state index contributed by atoms with van der Waals surface area (Å²) in [4.78, 5) is 15.3. The first-order chi connectivity index (χ1) is 13.5. The fraction of sp³-hybridized carbons (Fsp3) is 0.143. The Morgan fingerprint density at radius 3 is 2.39 bits per heavy atom. The largest absolute Gasteiger partial charge is 0.497 e. The monoisotopic (exact) mass is 442 g/mol. The highest BCUT2D eigenvalue weighted by Crippen LogP contribution is 2.27. The molecule has 2 aromatic carbocycles. The second-order valence-corrected chi connectivity index (χ2v) is 6.92. The van der Waals surface area contributed by atoms with Gasteiger partial charge in [0.2, 0.25) is 5.88 Å². The van der Waals surface area contributed by atoms with Crippen molar-refractivity contribution in [1.82, 2.24) is 10.3 Å². The van der Waals surface area contributed by atoms with Crippen molar-refractivity contribution in [1.29, 1.82) is 0 Å². The lowest BCUT2D eigenvalue weighted by molar-refractivity contribution is 0.0697. The van der Waals surface area contributed by atoms with Gasteiger partial charge in [-0.05, 0) is 64.0 Å². The van der Waals surface area contributed by atoms with Gasteiger partial charge in [0.15, 0.2) is 0 Å². The summed E-state index contributed by atoms with van der Waals surface area (Å²) in [6.45, 7) is 1.13. The number of hydrogen-bond acceptors (Lipinski definition) is 5. The molecule has 0 saturated carbocycles. The summed E-state index contributed by atoms with van der Waals surface area (Å²) in [7, 11) is 1.62. The van der Waals surface area contributed by atoms with Crippen LogP contribution < -0.4 is 14.8 Å². The van der Waals surface area contributed by atoms with E-state index in [0.717, 1.165) is 21.3 Å². The Morgan fingerprint density at radius 1 is 1.07 bits per heavy atom. The number of carboxylic acids is 1. The van der Waals surface area contributed by atoms with Crippen LogP contribution in [0.5, 0.6) is 17.4 Å². The van der Waals surface area contributed by atoms with E-state index < -0.39 is 5.97 Å². The molecular formula is C21H19BrN2O4. The Balaban J connectivity index is 1.65. The molecule has 0 unspecified atom stereocenters. The number of aromatic nitrogens is 1. The van der Waals surface area contributed by atoms with E-state index >= 15 is 0 Å². The SMILES string of the molecule is COc1ccc(Oc2ncc(Br)cc2CNCc2ccc(C(=O)O)cc2)cc1. The number of nitrogens with zero attached hydrogens (tertiary/aromatic N) is 1. The number of aromatic carboxylic acids is 1. The van der Waals surface area contributed by atoms with Crippen molar-refractivity contribution in [3.63, 3.8) is 0 Å². The van der Waals surface area contributed by atoms with E-state index in [1.807, 2.05) is 30.3 Å². The Labute approximate surface area is 171 Å². The third-order valence-electron chi connectivity index (χ3n) is 4.01. The van der Waals surface area contributed by atoms with Crippen molar-refractivity contribution in [2.45, 2.75) is 13.1 Å². The molecule has 0 atom stereocenters. The summed E-state index contributed by atoms with van der Waals surface area (Å²) >= 11 is 3.44. The Kier molecular flexibility index (Phi) is 6.62. The molecule has 6 nitrogen and oxygen atoms in total. The molecule has 0 saturated heterocycles. The number of methoxy groups -OCH3 is 1. The summed E-state index contributed by atoms with van der Waals surface area (Å²) in [6, 6.07) is 16.0. The zero-order valence-corrected chi connectivity index (χ0v) is 16.8. The number of carbonyl (C=O) groups is 1. The van der Waals surface area contributed by atoms with Crippen LogP contribution in [0.3, 0.4) is 0 Å². The van der Waals surface area contributed by atoms with Gasteiger partial charge in [0, 0.05) is 29.3 Å². The number of halogens is 1. The molecule has 0 aliphatic rings. The Morgan fingerprint density at radius 2 is 1.75 bits per heavy atom. The van der Waals surface area contributed by atoms with E-state index in [1.54, 1.807) is 37.6 Å². The van der Waals surface area contributed by atoms with Crippen LogP contribution in [-0.4, -0.2) is 23.2 Å². The Bertz CT molecular complexity index is 944. The van der Waals surface area contributed by atoms with Crippen molar-refractivity contribution in [2.24, 2.45) is 0 Å². The smallest absolute Gasteiger partial charge is 0.335 e. The third-order valence-corrected chi connectivity index (χ3v) is 4.45. The molecule has 0 aliphatic heterocycles. The highest BCUT2D eigenvalue weighted by Gasteiger charge is 2.09. The molecule has 3 aromatic rings. The summed E-state index contributed by atoms with van der Waals surface area (Å²) in [5.74, 6) is 1.01. The summed E-state index contributed by atoms with van der Waals surface area (Å²) < 4.78 is 11.9. The van der Waals surface area contributed by atoms with Crippen LogP contribution in [0.15, 0.2) is 65.3 Å². The highest BCUT2D eigenvalue weighted by atomic mass is 79.9. The van der Waals surface area contributed by atoms with Gasteiger partial charge in [0.25, 0.3) is 0 Å². The van der Waals surface area contributed by atoms with Crippen molar-refractivity contribution in [3.8, 4) is 17.4 Å². The minimum atomic E-state index is -0.931. The third kappa shape index (κ3) is 5.31. The standard InChI is InChI=1S/C21H19BrN2O4/c1-27-18-6-8-19(9-7-18)28-20-16(10-17(22)13-24-20)12-23-11-14-2-4-15(5-3-14)21(25)26/h2-10,13,23H,11-12H2,1H3,(H,25,26). The molecule has 144 valence electrons. The van der Waals surface area contributed by atoms with E-state index in [0.29, 0.717) is 24.7 Å². The van der Waals surface area contributed by atoms with Gasteiger partial charge in [-0.25, -0.2) is 9.78 Å². The molecule has 1 aromatic heterocycles. The molecule has 0 aliphatic carbocycles. The van der Waals surface area contributed by atoms with Gasteiger partial charge in [-0.3, -0.25) is 0 Å². The molecule has 0 amide bonds. The average molecular weight is 443 g/mol. The van der Waals surface area contributed by atoms with Crippen molar-refractivity contribution in [3.05, 3.63) is 82.0 Å².